The van der Waals surface area contributed by atoms with Crippen molar-refractivity contribution in [2.24, 2.45) is 20.4 Å². The maximum Gasteiger partial charge on any atom is 0.242 e. The molecule has 5 rings (SSSR count). The first-order valence-electron chi connectivity index (χ1n) is 10.9. The molecule has 1 aromatic heterocycles. The Labute approximate surface area is 207 Å². The second kappa shape index (κ2) is 9.18. The molecular weight excluding hydrogens is 506 g/mol. The van der Waals surface area contributed by atoms with Gasteiger partial charge < -0.3 is 16.0 Å². The molecule has 3 aromatic rings. The molecule has 1 fully saturated rings. The number of amidine groups is 1. The molecule has 36 heavy (non-hydrogen) atoms. The summed E-state index contributed by atoms with van der Waals surface area (Å²) in [5.41, 5.74) is 7.98. The zero-order chi connectivity index (χ0) is 25.5. The van der Waals surface area contributed by atoms with E-state index in [1.54, 1.807) is 24.4 Å². The van der Waals surface area contributed by atoms with Crippen molar-refractivity contribution in [2.45, 2.75) is 22.3 Å². The number of anilines is 1. The van der Waals surface area contributed by atoms with Crippen LogP contribution in [-0.2, 0) is 20.0 Å². The summed E-state index contributed by atoms with van der Waals surface area (Å²) in [6.45, 7) is 1.06. The molecule has 0 spiro atoms. The molecule has 7 N–H and O–H groups in total. The Morgan fingerprint density at radius 3 is 2.53 bits per heavy atom. The Morgan fingerprint density at radius 2 is 1.89 bits per heavy atom. The zero-order valence-corrected chi connectivity index (χ0v) is 20.5. The Balaban J connectivity index is 1.73. The number of rotatable bonds is 7. The van der Waals surface area contributed by atoms with E-state index in [1.165, 1.54) is 12.1 Å². The first kappa shape index (κ1) is 24.2. The summed E-state index contributed by atoms with van der Waals surface area (Å²) in [7, 11) is -8.82. The first-order chi connectivity index (χ1) is 17.1. The van der Waals surface area contributed by atoms with Gasteiger partial charge in [0.05, 0.1) is 17.5 Å². The summed E-state index contributed by atoms with van der Waals surface area (Å²) < 4.78 is 55.1. The predicted octanol–water partition coefficient (Wildman–Crippen LogP) is 0.783. The molecule has 2 aliphatic heterocycles. The highest BCUT2D eigenvalue weighted by molar-refractivity contribution is 7.92. The lowest BCUT2D eigenvalue weighted by Crippen LogP contribution is -2.37. The van der Waals surface area contributed by atoms with Crippen molar-refractivity contribution in [3.63, 3.8) is 0 Å². The Morgan fingerprint density at radius 1 is 1.08 bits per heavy atom. The molecule has 0 aliphatic carbocycles. The summed E-state index contributed by atoms with van der Waals surface area (Å²) in [5, 5.41) is 16.5. The van der Waals surface area contributed by atoms with Crippen molar-refractivity contribution >= 4 is 31.8 Å². The average Bonchev–Trinajstić information content (AvgIpc) is 3.61. The van der Waals surface area contributed by atoms with Gasteiger partial charge in [-0.2, -0.15) is 5.11 Å². The van der Waals surface area contributed by atoms with Crippen LogP contribution in [0.15, 0.2) is 67.6 Å². The van der Waals surface area contributed by atoms with Crippen LogP contribution >= 0.6 is 0 Å². The topological polar surface area (TPSA) is 210 Å². The number of hydrogen-bond donors (Lipinski definition) is 5. The van der Waals surface area contributed by atoms with Crippen LogP contribution in [0.4, 0.5) is 5.95 Å². The van der Waals surface area contributed by atoms with E-state index in [4.69, 9.17) is 10.9 Å². The lowest BCUT2D eigenvalue weighted by Gasteiger charge is -2.19. The van der Waals surface area contributed by atoms with Crippen LogP contribution in [0.1, 0.15) is 12.0 Å². The number of benzene rings is 2. The van der Waals surface area contributed by atoms with E-state index in [9.17, 15) is 16.8 Å². The second-order valence-electron chi connectivity index (χ2n) is 8.30. The molecule has 0 radical (unpaired) electrons. The molecule has 1 saturated heterocycles. The SMILES string of the molecule is Nc1ncc(-c2cccc(-c3ccc(S(=O)(=O)N[C@@H]4CCNC4)c(S(N)(=O)=O)c3C3=NCN=N3)c2)[nH]1. The first-order valence-corrected chi connectivity index (χ1v) is 13.9. The summed E-state index contributed by atoms with van der Waals surface area (Å²) in [5.74, 6) is 0.220. The smallest absolute Gasteiger partial charge is 0.242 e. The number of aromatic nitrogens is 2. The molecule has 1 atom stereocenters. The monoisotopic (exact) mass is 529 g/mol. The summed E-state index contributed by atoms with van der Waals surface area (Å²) in [6, 6.07) is 9.48. The number of H-pyrrole nitrogens is 1. The van der Waals surface area contributed by atoms with Crippen molar-refractivity contribution in [3.8, 4) is 22.4 Å². The van der Waals surface area contributed by atoms with Crippen molar-refractivity contribution < 1.29 is 16.8 Å². The third kappa shape index (κ3) is 4.66. The molecular formula is C21H23N9O4S2. The van der Waals surface area contributed by atoms with Crippen LogP contribution < -0.4 is 20.9 Å². The van der Waals surface area contributed by atoms with E-state index in [0.29, 0.717) is 36.3 Å². The largest absolute Gasteiger partial charge is 0.369 e. The molecule has 13 nitrogen and oxygen atoms in total. The Kier molecular flexibility index (Phi) is 6.17. The van der Waals surface area contributed by atoms with E-state index in [0.717, 1.165) is 5.56 Å². The van der Waals surface area contributed by atoms with Gasteiger partial charge in [0.15, 0.2) is 18.5 Å². The average molecular weight is 530 g/mol. The molecule has 0 amide bonds. The van der Waals surface area contributed by atoms with Gasteiger partial charge in [0, 0.05) is 18.2 Å². The van der Waals surface area contributed by atoms with Crippen molar-refractivity contribution in [1.29, 1.82) is 0 Å². The van der Waals surface area contributed by atoms with Crippen LogP contribution in [-0.4, -0.2) is 58.4 Å². The fourth-order valence-corrected chi connectivity index (χ4v) is 7.13. The molecule has 3 heterocycles. The number of nitrogens with one attached hydrogen (secondary N) is 3. The second-order valence-corrected chi connectivity index (χ2v) is 11.5. The van der Waals surface area contributed by atoms with Crippen LogP contribution in [0.5, 0.6) is 0 Å². The van der Waals surface area contributed by atoms with Crippen LogP contribution in [0.25, 0.3) is 22.4 Å². The van der Waals surface area contributed by atoms with Gasteiger partial charge in [0.2, 0.25) is 20.0 Å². The van der Waals surface area contributed by atoms with E-state index in [2.05, 4.69) is 35.2 Å². The molecule has 188 valence electrons. The van der Waals surface area contributed by atoms with E-state index < -0.39 is 29.8 Å². The lowest BCUT2D eigenvalue weighted by molar-refractivity contribution is 0.555. The number of nitrogens with two attached hydrogens (primary N) is 2. The molecule has 0 unspecified atom stereocenters. The fourth-order valence-electron chi connectivity index (χ4n) is 4.25. The Hall–Kier alpha value is -3.50. The summed E-state index contributed by atoms with van der Waals surface area (Å²) >= 11 is 0. The van der Waals surface area contributed by atoms with Gasteiger partial charge in [-0.1, -0.05) is 24.3 Å². The number of sulfonamides is 2. The van der Waals surface area contributed by atoms with E-state index >= 15 is 0 Å². The fraction of sp³-hybridized carbons (Fsp3) is 0.238. The Bertz CT molecular complexity index is 1610. The van der Waals surface area contributed by atoms with E-state index in [-0.39, 0.29) is 30.1 Å². The third-order valence-corrected chi connectivity index (χ3v) is 8.52. The van der Waals surface area contributed by atoms with Gasteiger partial charge in [0.1, 0.15) is 9.79 Å². The minimum Gasteiger partial charge on any atom is -0.369 e. The molecule has 2 aliphatic rings. The van der Waals surface area contributed by atoms with Crippen molar-refractivity contribution in [2.75, 3.05) is 25.5 Å². The van der Waals surface area contributed by atoms with Crippen molar-refractivity contribution in [1.82, 2.24) is 20.0 Å². The number of aliphatic imine (C=N–C) groups is 1. The highest BCUT2D eigenvalue weighted by Gasteiger charge is 2.34. The number of hydrogen-bond acceptors (Lipinski definition) is 10. The quantitative estimate of drug-likeness (QED) is 0.296. The lowest BCUT2D eigenvalue weighted by atomic mass is 9.96. The zero-order valence-electron chi connectivity index (χ0n) is 18.8. The van der Waals surface area contributed by atoms with Gasteiger partial charge in [-0.3, -0.25) is 0 Å². The highest BCUT2D eigenvalue weighted by Crippen LogP contribution is 2.36. The maximum atomic E-state index is 13.3. The van der Waals surface area contributed by atoms with Gasteiger partial charge in [-0.25, -0.2) is 36.7 Å². The number of primary sulfonamides is 1. The number of aromatic amines is 1. The summed E-state index contributed by atoms with van der Waals surface area (Å²) in [6.07, 6.45) is 2.14. The number of imidazole rings is 1. The van der Waals surface area contributed by atoms with Crippen LogP contribution in [0, 0.1) is 0 Å². The van der Waals surface area contributed by atoms with Gasteiger partial charge in [-0.15, -0.1) is 5.11 Å². The standard InChI is InChI=1S/C21H23N9O4S2/c22-21-25-10-16(28-21)13-3-1-2-12(8-13)15-4-5-17(36(33,34)30-14-6-7-24-9-14)19(35(23,31)32)18(15)20-26-11-27-29-20/h1-5,8,10,14,24,30H,6-7,9,11H2,(H3,22,25,28)(H2,23,31,32)/t14-/m1/s1. The summed E-state index contributed by atoms with van der Waals surface area (Å²) in [4.78, 5) is 10.1. The predicted molar refractivity (Wildman–Crippen MR) is 133 cm³/mol. The van der Waals surface area contributed by atoms with Gasteiger partial charge in [-0.05, 0) is 36.2 Å². The number of azo groups is 1. The number of nitrogens with zero attached hydrogens (tertiary/aromatic N) is 4. The minimum atomic E-state index is -4.56. The van der Waals surface area contributed by atoms with E-state index in [1.807, 2.05) is 6.07 Å². The number of nitrogen functional groups attached to an aromatic ring is 1. The van der Waals surface area contributed by atoms with Gasteiger partial charge in [0.25, 0.3) is 0 Å². The highest BCUT2D eigenvalue weighted by atomic mass is 32.2. The molecule has 2 aromatic carbocycles. The third-order valence-electron chi connectivity index (χ3n) is 5.83. The van der Waals surface area contributed by atoms with Gasteiger partial charge >= 0.3 is 0 Å². The maximum absolute atomic E-state index is 13.3. The van der Waals surface area contributed by atoms with Crippen molar-refractivity contribution in [3.05, 3.63) is 48.2 Å². The van der Waals surface area contributed by atoms with Crippen LogP contribution in [0.2, 0.25) is 0 Å². The molecule has 15 heteroatoms. The molecule has 0 bridgehead atoms. The van der Waals surface area contributed by atoms with Crippen LogP contribution in [0.3, 0.4) is 0 Å². The molecule has 0 saturated carbocycles. The minimum absolute atomic E-state index is 0.0186. The normalized spacial score (nSPS) is 18.0.